The summed E-state index contributed by atoms with van der Waals surface area (Å²) in [4.78, 5) is 21.5. The van der Waals surface area contributed by atoms with E-state index in [4.69, 9.17) is 0 Å². The minimum absolute atomic E-state index is 0.00982. The first kappa shape index (κ1) is 13.7. The van der Waals surface area contributed by atoms with Gasteiger partial charge in [-0.15, -0.1) is 11.3 Å². The molecular weight excluding hydrogens is 258 g/mol. The van der Waals surface area contributed by atoms with E-state index < -0.39 is 0 Å². The standard InChI is InChI=1S/C14H17N3OS/c1-9(2)13(12-5-4-6-19-12)17-14(18)11-8-15-10(3)7-16-11/h4-9,13H,1-3H3,(H,17,18)/t13-/m0/s1. The molecule has 4 nitrogen and oxygen atoms in total. The lowest BCUT2D eigenvalue weighted by molar-refractivity contribution is 0.0921. The zero-order chi connectivity index (χ0) is 13.8. The molecular formula is C14H17N3OS. The van der Waals surface area contributed by atoms with Gasteiger partial charge in [-0.25, -0.2) is 4.98 Å². The van der Waals surface area contributed by atoms with Gasteiger partial charge in [-0.2, -0.15) is 0 Å². The van der Waals surface area contributed by atoms with Crippen molar-refractivity contribution in [3.63, 3.8) is 0 Å². The van der Waals surface area contributed by atoms with Crippen LogP contribution in [0.25, 0.3) is 0 Å². The van der Waals surface area contributed by atoms with Gasteiger partial charge in [0.1, 0.15) is 5.69 Å². The van der Waals surface area contributed by atoms with Gasteiger partial charge in [0.15, 0.2) is 0 Å². The maximum absolute atomic E-state index is 12.2. The van der Waals surface area contributed by atoms with Gasteiger partial charge in [0.25, 0.3) is 5.91 Å². The van der Waals surface area contributed by atoms with Crippen LogP contribution in [0.2, 0.25) is 0 Å². The number of carbonyl (C=O) groups is 1. The number of thiophene rings is 1. The molecule has 0 unspecified atom stereocenters. The predicted molar refractivity (Wildman–Crippen MR) is 76.1 cm³/mol. The molecule has 2 aromatic rings. The van der Waals surface area contributed by atoms with E-state index in [1.54, 1.807) is 17.5 Å². The Morgan fingerprint density at radius 1 is 1.32 bits per heavy atom. The molecule has 0 saturated heterocycles. The molecule has 0 saturated carbocycles. The molecule has 0 aliphatic carbocycles. The number of nitrogens with one attached hydrogen (secondary N) is 1. The minimum atomic E-state index is -0.181. The van der Waals surface area contributed by atoms with E-state index in [1.165, 1.54) is 6.20 Å². The van der Waals surface area contributed by atoms with Crippen LogP contribution < -0.4 is 5.32 Å². The van der Waals surface area contributed by atoms with Crippen LogP contribution in [0, 0.1) is 12.8 Å². The van der Waals surface area contributed by atoms with E-state index in [2.05, 4.69) is 29.1 Å². The summed E-state index contributed by atoms with van der Waals surface area (Å²) < 4.78 is 0. The fourth-order valence-electron chi connectivity index (χ4n) is 1.76. The van der Waals surface area contributed by atoms with E-state index in [0.717, 1.165) is 10.6 Å². The van der Waals surface area contributed by atoms with E-state index in [0.29, 0.717) is 11.6 Å². The summed E-state index contributed by atoms with van der Waals surface area (Å²) in [5, 5.41) is 5.04. The fourth-order valence-corrected chi connectivity index (χ4v) is 2.71. The molecule has 5 heteroatoms. The van der Waals surface area contributed by atoms with Gasteiger partial charge in [0, 0.05) is 11.1 Å². The quantitative estimate of drug-likeness (QED) is 0.933. The Balaban J connectivity index is 2.14. The fraction of sp³-hybridized carbons (Fsp3) is 0.357. The van der Waals surface area contributed by atoms with Gasteiger partial charge in [-0.1, -0.05) is 19.9 Å². The van der Waals surface area contributed by atoms with Crippen molar-refractivity contribution >= 4 is 17.2 Å². The van der Waals surface area contributed by atoms with Gasteiger partial charge in [-0.05, 0) is 24.3 Å². The maximum Gasteiger partial charge on any atom is 0.271 e. The van der Waals surface area contributed by atoms with Crippen LogP contribution in [0.5, 0.6) is 0 Å². The highest BCUT2D eigenvalue weighted by molar-refractivity contribution is 7.10. The molecule has 1 N–H and O–H groups in total. The third-order valence-corrected chi connectivity index (χ3v) is 3.77. The summed E-state index contributed by atoms with van der Waals surface area (Å²) in [5.74, 6) is 0.139. The molecule has 0 aromatic carbocycles. The highest BCUT2D eigenvalue weighted by Gasteiger charge is 2.20. The van der Waals surface area contributed by atoms with Crippen molar-refractivity contribution in [3.8, 4) is 0 Å². The topological polar surface area (TPSA) is 54.9 Å². The predicted octanol–water partition coefficient (Wildman–Crippen LogP) is 2.97. The largest absolute Gasteiger partial charge is 0.343 e. The van der Waals surface area contributed by atoms with Crippen molar-refractivity contribution in [1.29, 1.82) is 0 Å². The summed E-state index contributed by atoms with van der Waals surface area (Å²) in [7, 11) is 0. The normalized spacial score (nSPS) is 12.4. The Kier molecular flexibility index (Phi) is 4.27. The first-order chi connectivity index (χ1) is 9.08. The number of rotatable bonds is 4. The van der Waals surface area contributed by atoms with Gasteiger partial charge in [0.2, 0.25) is 0 Å². The van der Waals surface area contributed by atoms with Crippen LogP contribution >= 0.6 is 11.3 Å². The summed E-state index contributed by atoms with van der Waals surface area (Å²) in [5.41, 5.74) is 1.16. The Hall–Kier alpha value is -1.75. The average molecular weight is 275 g/mol. The molecule has 0 spiro atoms. The van der Waals surface area contributed by atoms with E-state index in [-0.39, 0.29) is 11.9 Å². The number of aryl methyl sites for hydroxylation is 1. The second-order valence-electron chi connectivity index (χ2n) is 4.75. The SMILES string of the molecule is Cc1cnc(C(=O)N[C@H](c2cccs2)C(C)C)cn1. The molecule has 1 atom stereocenters. The number of hydrogen-bond donors (Lipinski definition) is 1. The zero-order valence-corrected chi connectivity index (χ0v) is 12.1. The third kappa shape index (κ3) is 3.38. The summed E-state index contributed by atoms with van der Waals surface area (Å²) in [6.07, 6.45) is 3.11. The summed E-state index contributed by atoms with van der Waals surface area (Å²) >= 11 is 1.65. The second-order valence-corrected chi connectivity index (χ2v) is 5.73. The lowest BCUT2D eigenvalue weighted by atomic mass is 10.0. The number of carbonyl (C=O) groups excluding carboxylic acids is 1. The first-order valence-electron chi connectivity index (χ1n) is 6.21. The van der Waals surface area contributed by atoms with Crippen LogP contribution in [0.4, 0.5) is 0 Å². The van der Waals surface area contributed by atoms with Crippen molar-refractivity contribution in [2.24, 2.45) is 5.92 Å². The van der Waals surface area contributed by atoms with Crippen LogP contribution in [0.3, 0.4) is 0 Å². The van der Waals surface area contributed by atoms with Gasteiger partial charge in [-0.3, -0.25) is 9.78 Å². The lowest BCUT2D eigenvalue weighted by Gasteiger charge is -2.20. The minimum Gasteiger partial charge on any atom is -0.343 e. The molecule has 0 aliphatic rings. The molecule has 0 radical (unpaired) electrons. The number of hydrogen-bond acceptors (Lipinski definition) is 4. The smallest absolute Gasteiger partial charge is 0.271 e. The molecule has 2 heterocycles. The van der Waals surface area contributed by atoms with Crippen molar-refractivity contribution in [3.05, 3.63) is 46.2 Å². The molecule has 2 aromatic heterocycles. The molecule has 100 valence electrons. The average Bonchev–Trinajstić information content (AvgIpc) is 2.89. The molecule has 0 bridgehead atoms. The Bertz CT molecular complexity index is 534. The van der Waals surface area contributed by atoms with E-state index >= 15 is 0 Å². The second kappa shape index (κ2) is 5.93. The lowest BCUT2D eigenvalue weighted by Crippen LogP contribution is -2.31. The monoisotopic (exact) mass is 275 g/mol. The maximum atomic E-state index is 12.2. The highest BCUT2D eigenvalue weighted by atomic mass is 32.1. The van der Waals surface area contributed by atoms with Gasteiger partial charge < -0.3 is 5.32 Å². The van der Waals surface area contributed by atoms with Gasteiger partial charge in [0.05, 0.1) is 17.9 Å². The van der Waals surface area contributed by atoms with Crippen molar-refractivity contribution in [2.75, 3.05) is 0 Å². The molecule has 2 rings (SSSR count). The van der Waals surface area contributed by atoms with Gasteiger partial charge >= 0.3 is 0 Å². The Morgan fingerprint density at radius 3 is 2.63 bits per heavy atom. The van der Waals surface area contributed by atoms with Crippen LogP contribution in [-0.2, 0) is 0 Å². The van der Waals surface area contributed by atoms with E-state index in [1.807, 2.05) is 24.4 Å². The van der Waals surface area contributed by atoms with Crippen LogP contribution in [0.15, 0.2) is 29.9 Å². The van der Waals surface area contributed by atoms with Crippen molar-refractivity contribution < 1.29 is 4.79 Å². The molecule has 19 heavy (non-hydrogen) atoms. The zero-order valence-electron chi connectivity index (χ0n) is 11.3. The van der Waals surface area contributed by atoms with E-state index in [9.17, 15) is 4.79 Å². The van der Waals surface area contributed by atoms with Crippen LogP contribution in [0.1, 0.15) is 40.9 Å². The number of aromatic nitrogens is 2. The van der Waals surface area contributed by atoms with Crippen molar-refractivity contribution in [2.45, 2.75) is 26.8 Å². The van der Waals surface area contributed by atoms with Crippen LogP contribution in [-0.4, -0.2) is 15.9 Å². The molecule has 0 aliphatic heterocycles. The number of amides is 1. The summed E-state index contributed by atoms with van der Waals surface area (Å²) in [6, 6.07) is 4.04. The Morgan fingerprint density at radius 2 is 2.11 bits per heavy atom. The Labute approximate surface area is 116 Å². The third-order valence-electron chi connectivity index (χ3n) is 2.82. The molecule has 1 amide bonds. The molecule has 0 fully saturated rings. The first-order valence-corrected chi connectivity index (χ1v) is 7.09. The van der Waals surface area contributed by atoms with Crippen molar-refractivity contribution in [1.82, 2.24) is 15.3 Å². The summed E-state index contributed by atoms with van der Waals surface area (Å²) in [6.45, 7) is 6.02. The highest BCUT2D eigenvalue weighted by Crippen LogP contribution is 2.25. The number of nitrogens with zero attached hydrogens (tertiary/aromatic N) is 2.